The summed E-state index contributed by atoms with van der Waals surface area (Å²) in [5.74, 6) is 0.873. The molecule has 2 amide bonds. The summed E-state index contributed by atoms with van der Waals surface area (Å²) in [6, 6.07) is 15.4. The molecular weight excluding hydrogens is 395 g/mol. The molecule has 0 unspecified atom stereocenters. The number of nitrogens with one attached hydrogen (secondary N) is 1. The fourth-order valence-electron chi connectivity index (χ4n) is 3.36. The minimum Gasteiger partial charge on any atom is -0.439 e. The lowest BCUT2D eigenvalue weighted by molar-refractivity contribution is 0.195. The van der Waals surface area contributed by atoms with Crippen molar-refractivity contribution in [3.05, 3.63) is 71.7 Å². The number of aromatic nitrogens is 2. The first-order valence-electron chi connectivity index (χ1n) is 10.7. The standard InChI is InChI=1S/C24H29FN4O2/c1-4-16-28(24(30)26-6-3)17-21-22(5-2)27-29(19-14-12-18(25)13-15-19)23(21)31-20-10-8-7-9-11-20/h7-15H,4-6,16-17H2,1-3H3,(H,26,30). The van der Waals surface area contributed by atoms with Crippen LogP contribution in [0.5, 0.6) is 11.6 Å². The van der Waals surface area contributed by atoms with Crippen LogP contribution in [-0.2, 0) is 13.0 Å². The summed E-state index contributed by atoms with van der Waals surface area (Å²) in [6.07, 6.45) is 1.50. The first-order valence-corrected chi connectivity index (χ1v) is 10.7. The number of nitrogens with zero attached hydrogens (tertiary/aromatic N) is 3. The number of hydrogen-bond acceptors (Lipinski definition) is 3. The van der Waals surface area contributed by atoms with Crippen LogP contribution in [0.2, 0.25) is 0 Å². The Bertz CT molecular complexity index is 987. The van der Waals surface area contributed by atoms with Gasteiger partial charge in [0, 0.05) is 13.1 Å². The fraction of sp³-hybridized carbons (Fsp3) is 0.333. The van der Waals surface area contributed by atoms with Gasteiger partial charge in [-0.1, -0.05) is 32.0 Å². The van der Waals surface area contributed by atoms with Crippen LogP contribution in [0.4, 0.5) is 9.18 Å². The van der Waals surface area contributed by atoms with Gasteiger partial charge < -0.3 is 15.0 Å². The molecular formula is C24H29FN4O2. The van der Waals surface area contributed by atoms with Gasteiger partial charge in [-0.25, -0.2) is 13.9 Å². The van der Waals surface area contributed by atoms with Crippen molar-refractivity contribution >= 4 is 6.03 Å². The van der Waals surface area contributed by atoms with Crippen molar-refractivity contribution in [2.45, 2.75) is 40.2 Å². The molecule has 0 aliphatic heterocycles. The summed E-state index contributed by atoms with van der Waals surface area (Å²) in [5, 5.41) is 7.63. The molecule has 0 saturated heterocycles. The number of amides is 2. The first kappa shape index (κ1) is 22.3. The van der Waals surface area contributed by atoms with Crippen LogP contribution in [0, 0.1) is 5.82 Å². The molecule has 0 saturated carbocycles. The Morgan fingerprint density at radius 1 is 1.10 bits per heavy atom. The summed E-state index contributed by atoms with van der Waals surface area (Å²) in [4.78, 5) is 14.4. The second kappa shape index (κ2) is 10.6. The van der Waals surface area contributed by atoms with Gasteiger partial charge in [-0.2, -0.15) is 5.10 Å². The second-order valence-electron chi connectivity index (χ2n) is 7.14. The highest BCUT2D eigenvalue weighted by Crippen LogP contribution is 2.32. The van der Waals surface area contributed by atoms with Gasteiger partial charge in [-0.3, -0.25) is 0 Å². The third-order valence-corrected chi connectivity index (χ3v) is 4.84. The fourth-order valence-corrected chi connectivity index (χ4v) is 3.36. The Morgan fingerprint density at radius 2 is 1.81 bits per heavy atom. The molecule has 2 aromatic carbocycles. The molecule has 3 aromatic rings. The van der Waals surface area contributed by atoms with Crippen molar-refractivity contribution in [1.29, 1.82) is 0 Å². The van der Waals surface area contributed by atoms with Crippen LogP contribution in [-0.4, -0.2) is 33.8 Å². The van der Waals surface area contributed by atoms with Crippen LogP contribution in [0.1, 0.15) is 38.4 Å². The zero-order chi connectivity index (χ0) is 22.2. The van der Waals surface area contributed by atoms with E-state index >= 15 is 0 Å². The zero-order valence-electron chi connectivity index (χ0n) is 18.3. The van der Waals surface area contributed by atoms with E-state index in [1.165, 1.54) is 12.1 Å². The molecule has 31 heavy (non-hydrogen) atoms. The summed E-state index contributed by atoms with van der Waals surface area (Å²) in [6.45, 7) is 7.49. The smallest absolute Gasteiger partial charge is 0.317 e. The number of halogens is 1. The van der Waals surface area contributed by atoms with Gasteiger partial charge in [-0.05, 0) is 56.2 Å². The van der Waals surface area contributed by atoms with Gasteiger partial charge in [0.15, 0.2) is 0 Å². The summed E-state index contributed by atoms with van der Waals surface area (Å²) < 4.78 is 21.5. The van der Waals surface area contributed by atoms with Gasteiger partial charge in [0.25, 0.3) is 0 Å². The Kier molecular flexibility index (Phi) is 7.65. The Balaban J connectivity index is 2.09. The maximum absolute atomic E-state index is 13.5. The van der Waals surface area contributed by atoms with E-state index in [2.05, 4.69) is 5.32 Å². The number of rotatable bonds is 9. The summed E-state index contributed by atoms with van der Waals surface area (Å²) >= 11 is 0. The van der Waals surface area contributed by atoms with Crippen molar-refractivity contribution in [2.75, 3.05) is 13.1 Å². The lowest BCUT2D eigenvalue weighted by Gasteiger charge is -2.23. The van der Waals surface area contributed by atoms with E-state index in [0.717, 1.165) is 17.7 Å². The van der Waals surface area contributed by atoms with E-state index in [-0.39, 0.29) is 11.8 Å². The number of benzene rings is 2. The molecule has 0 atom stereocenters. The number of aryl methyl sites for hydroxylation is 1. The monoisotopic (exact) mass is 424 g/mol. The quantitative estimate of drug-likeness (QED) is 0.507. The molecule has 1 heterocycles. The second-order valence-corrected chi connectivity index (χ2v) is 7.14. The van der Waals surface area contributed by atoms with Crippen LogP contribution >= 0.6 is 0 Å². The molecule has 0 aliphatic rings. The van der Waals surface area contributed by atoms with Gasteiger partial charge in [-0.15, -0.1) is 0 Å². The third kappa shape index (κ3) is 5.42. The SMILES string of the molecule is CCCN(Cc1c(CC)nn(-c2ccc(F)cc2)c1Oc1ccccc1)C(=O)NCC. The van der Waals surface area contributed by atoms with E-state index in [9.17, 15) is 9.18 Å². The molecule has 1 N–H and O–H groups in total. The van der Waals surface area contributed by atoms with E-state index in [1.54, 1.807) is 21.7 Å². The molecule has 1 aromatic heterocycles. The third-order valence-electron chi connectivity index (χ3n) is 4.84. The van der Waals surface area contributed by atoms with E-state index in [1.807, 2.05) is 51.1 Å². The van der Waals surface area contributed by atoms with Crippen molar-refractivity contribution in [1.82, 2.24) is 20.0 Å². The number of carbonyl (C=O) groups is 1. The highest BCUT2D eigenvalue weighted by Gasteiger charge is 2.24. The largest absolute Gasteiger partial charge is 0.439 e. The van der Waals surface area contributed by atoms with Gasteiger partial charge >= 0.3 is 6.03 Å². The van der Waals surface area contributed by atoms with Crippen LogP contribution in [0.25, 0.3) is 5.69 Å². The summed E-state index contributed by atoms with van der Waals surface area (Å²) in [7, 11) is 0. The Morgan fingerprint density at radius 3 is 2.42 bits per heavy atom. The maximum Gasteiger partial charge on any atom is 0.317 e. The molecule has 0 aliphatic carbocycles. The summed E-state index contributed by atoms with van der Waals surface area (Å²) in [5.41, 5.74) is 2.37. The Hall–Kier alpha value is -3.35. The molecule has 7 heteroatoms. The van der Waals surface area contributed by atoms with Crippen molar-refractivity contribution < 1.29 is 13.9 Å². The lowest BCUT2D eigenvalue weighted by Crippen LogP contribution is -2.40. The maximum atomic E-state index is 13.5. The zero-order valence-corrected chi connectivity index (χ0v) is 18.3. The van der Waals surface area contributed by atoms with E-state index in [4.69, 9.17) is 9.84 Å². The van der Waals surface area contributed by atoms with Gasteiger partial charge in [0.05, 0.1) is 23.5 Å². The van der Waals surface area contributed by atoms with Crippen molar-refractivity contribution in [2.24, 2.45) is 0 Å². The number of para-hydroxylation sites is 1. The highest BCUT2D eigenvalue weighted by molar-refractivity contribution is 5.74. The molecule has 0 radical (unpaired) electrons. The minimum atomic E-state index is -0.317. The predicted molar refractivity (Wildman–Crippen MR) is 119 cm³/mol. The Labute approximate surface area is 182 Å². The van der Waals surface area contributed by atoms with Crippen LogP contribution in [0.15, 0.2) is 54.6 Å². The molecule has 0 spiro atoms. The van der Waals surface area contributed by atoms with Crippen LogP contribution < -0.4 is 10.1 Å². The van der Waals surface area contributed by atoms with Crippen molar-refractivity contribution in [3.63, 3.8) is 0 Å². The van der Waals surface area contributed by atoms with E-state index in [0.29, 0.717) is 43.4 Å². The average molecular weight is 425 g/mol. The number of hydrogen-bond donors (Lipinski definition) is 1. The average Bonchev–Trinajstić information content (AvgIpc) is 3.12. The van der Waals surface area contributed by atoms with Gasteiger partial charge in [0.1, 0.15) is 11.6 Å². The number of carbonyl (C=O) groups excluding carboxylic acids is 1. The molecule has 164 valence electrons. The van der Waals surface area contributed by atoms with Gasteiger partial charge in [0.2, 0.25) is 5.88 Å². The highest BCUT2D eigenvalue weighted by atomic mass is 19.1. The lowest BCUT2D eigenvalue weighted by atomic mass is 10.2. The number of ether oxygens (including phenoxy) is 1. The molecule has 3 rings (SSSR count). The van der Waals surface area contributed by atoms with E-state index < -0.39 is 0 Å². The normalized spacial score (nSPS) is 10.7. The molecule has 0 bridgehead atoms. The topological polar surface area (TPSA) is 59.4 Å². The minimum absolute atomic E-state index is 0.119. The number of urea groups is 1. The first-order chi connectivity index (χ1) is 15.1. The van der Waals surface area contributed by atoms with Crippen molar-refractivity contribution in [3.8, 4) is 17.3 Å². The molecule has 6 nitrogen and oxygen atoms in total. The predicted octanol–water partition coefficient (Wildman–Crippen LogP) is 5.31. The molecule has 0 fully saturated rings. The van der Waals surface area contributed by atoms with Crippen LogP contribution in [0.3, 0.4) is 0 Å².